The molecule has 1 aliphatic heterocycles. The normalized spacial score (nSPS) is 15.1. The standard InChI is InChI=1S/C24H26N2.ClH/c1-25(2)17-10-18-26-23-16-9-8-14-21(23)20-13-6-7-15-22(20)24(26)19-11-4-3-5-12-19;/h3-9,11-16,24H,10,17-18H2,1-2H3;1H. The summed E-state index contributed by atoms with van der Waals surface area (Å²) in [6.07, 6.45) is 1.18. The van der Waals surface area contributed by atoms with Gasteiger partial charge in [-0.1, -0.05) is 72.8 Å². The van der Waals surface area contributed by atoms with Crippen LogP contribution >= 0.6 is 0 Å². The minimum atomic E-state index is 0. The second kappa shape index (κ2) is 8.60. The molecule has 0 saturated carbocycles. The van der Waals surface area contributed by atoms with Gasteiger partial charge in [0, 0.05) is 24.2 Å². The molecule has 1 atom stereocenters. The van der Waals surface area contributed by atoms with Crippen molar-refractivity contribution in [2.24, 2.45) is 0 Å². The van der Waals surface area contributed by atoms with E-state index >= 15 is 0 Å². The molecule has 1 heterocycles. The van der Waals surface area contributed by atoms with E-state index in [2.05, 4.69) is 97.9 Å². The highest BCUT2D eigenvalue weighted by molar-refractivity contribution is 5.85. The monoisotopic (exact) mass is 378 g/mol. The third-order valence-corrected chi connectivity index (χ3v) is 5.26. The quantitative estimate of drug-likeness (QED) is 0.690. The predicted molar refractivity (Wildman–Crippen MR) is 110 cm³/mol. The molecule has 3 heteroatoms. The van der Waals surface area contributed by atoms with Gasteiger partial charge in [-0.3, -0.25) is 0 Å². The summed E-state index contributed by atoms with van der Waals surface area (Å²) in [6, 6.07) is 29.0. The summed E-state index contributed by atoms with van der Waals surface area (Å²) < 4.78 is 0. The van der Waals surface area contributed by atoms with Gasteiger partial charge in [-0.05, 0) is 22.8 Å². The molecule has 140 valence electrons. The molecule has 1 unspecified atom stereocenters. The van der Waals surface area contributed by atoms with Gasteiger partial charge in [0.05, 0.1) is 26.7 Å². The Morgan fingerprint density at radius 1 is 0.778 bits per heavy atom. The summed E-state index contributed by atoms with van der Waals surface area (Å²) >= 11 is 0. The number of fused-ring (bicyclic) bond motifs is 3. The first-order valence-electron chi connectivity index (χ1n) is 9.54. The van der Waals surface area contributed by atoms with E-state index in [4.69, 9.17) is 0 Å². The van der Waals surface area contributed by atoms with Crippen molar-refractivity contribution in [2.45, 2.75) is 12.5 Å². The van der Waals surface area contributed by atoms with E-state index in [0.717, 1.165) is 6.54 Å². The number of rotatable bonds is 5. The van der Waals surface area contributed by atoms with Crippen molar-refractivity contribution in [3.8, 4) is 11.1 Å². The van der Waals surface area contributed by atoms with Crippen molar-refractivity contribution >= 4 is 5.69 Å². The summed E-state index contributed by atoms with van der Waals surface area (Å²) in [7, 11) is 4.46. The zero-order valence-electron chi connectivity index (χ0n) is 16.0. The molecular formula is C24H27ClN2. The Bertz CT molecular complexity index is 876. The number of hydrogen-bond donors (Lipinski definition) is 1. The van der Waals surface area contributed by atoms with Crippen LogP contribution in [0.4, 0.5) is 5.69 Å². The van der Waals surface area contributed by atoms with Crippen molar-refractivity contribution < 1.29 is 17.3 Å². The predicted octanol–water partition coefficient (Wildman–Crippen LogP) is 0.802. The van der Waals surface area contributed by atoms with Crippen LogP contribution in [0.5, 0.6) is 0 Å². The van der Waals surface area contributed by atoms with Crippen LogP contribution in [-0.2, 0) is 0 Å². The lowest BCUT2D eigenvalue weighted by Crippen LogP contribution is -3.05. The van der Waals surface area contributed by atoms with Crippen molar-refractivity contribution in [1.29, 1.82) is 0 Å². The molecule has 1 N–H and O–H groups in total. The average Bonchev–Trinajstić information content (AvgIpc) is 2.68. The van der Waals surface area contributed by atoms with Gasteiger partial charge in [0.15, 0.2) is 0 Å². The molecule has 0 aliphatic carbocycles. The van der Waals surface area contributed by atoms with Crippen LogP contribution in [0.1, 0.15) is 23.6 Å². The van der Waals surface area contributed by atoms with Crippen LogP contribution in [-0.4, -0.2) is 27.2 Å². The van der Waals surface area contributed by atoms with Gasteiger partial charge in [-0.2, -0.15) is 0 Å². The van der Waals surface area contributed by atoms with Crippen LogP contribution in [0, 0.1) is 0 Å². The van der Waals surface area contributed by atoms with Crippen molar-refractivity contribution in [3.63, 3.8) is 0 Å². The Hall–Kier alpha value is -2.29. The molecule has 0 spiro atoms. The lowest BCUT2D eigenvalue weighted by Gasteiger charge is -2.40. The molecule has 0 radical (unpaired) electrons. The Kier molecular flexibility index (Phi) is 6.20. The van der Waals surface area contributed by atoms with Gasteiger partial charge in [-0.25, -0.2) is 0 Å². The first kappa shape index (κ1) is 19.5. The van der Waals surface area contributed by atoms with Crippen molar-refractivity contribution in [1.82, 2.24) is 0 Å². The Labute approximate surface area is 168 Å². The van der Waals surface area contributed by atoms with Crippen LogP contribution in [0.2, 0.25) is 0 Å². The highest BCUT2D eigenvalue weighted by atomic mass is 35.5. The van der Waals surface area contributed by atoms with E-state index < -0.39 is 0 Å². The lowest BCUT2D eigenvalue weighted by atomic mass is 9.85. The number of para-hydroxylation sites is 1. The molecule has 2 nitrogen and oxygen atoms in total. The fraction of sp³-hybridized carbons (Fsp3) is 0.250. The van der Waals surface area contributed by atoms with Crippen LogP contribution in [0.25, 0.3) is 11.1 Å². The van der Waals surface area contributed by atoms with Gasteiger partial charge in [-0.15, -0.1) is 0 Å². The number of nitrogens with zero attached hydrogens (tertiary/aromatic N) is 1. The third kappa shape index (κ3) is 3.87. The molecule has 0 saturated heterocycles. The number of benzene rings is 3. The molecule has 4 rings (SSSR count). The number of halogens is 1. The first-order valence-corrected chi connectivity index (χ1v) is 9.54. The molecule has 0 aromatic heterocycles. The second-order valence-electron chi connectivity index (χ2n) is 7.42. The maximum Gasteiger partial charge on any atom is 0.0802 e. The summed E-state index contributed by atoms with van der Waals surface area (Å²) in [5, 5.41) is 0. The minimum Gasteiger partial charge on any atom is -1.00 e. The zero-order chi connectivity index (χ0) is 17.9. The van der Waals surface area contributed by atoms with Crippen LogP contribution in [0.3, 0.4) is 0 Å². The smallest absolute Gasteiger partial charge is 0.0802 e. The van der Waals surface area contributed by atoms with Crippen molar-refractivity contribution in [3.05, 3.63) is 90.0 Å². The van der Waals surface area contributed by atoms with Crippen molar-refractivity contribution in [2.75, 3.05) is 32.1 Å². The average molecular weight is 379 g/mol. The van der Waals surface area contributed by atoms with E-state index in [1.165, 1.54) is 45.8 Å². The Morgan fingerprint density at radius 3 is 2.15 bits per heavy atom. The zero-order valence-corrected chi connectivity index (χ0v) is 16.8. The topological polar surface area (TPSA) is 7.68 Å². The van der Waals surface area contributed by atoms with Crippen LogP contribution < -0.4 is 22.2 Å². The summed E-state index contributed by atoms with van der Waals surface area (Å²) in [5.41, 5.74) is 6.86. The van der Waals surface area contributed by atoms with E-state index in [-0.39, 0.29) is 18.4 Å². The molecule has 3 aromatic rings. The summed E-state index contributed by atoms with van der Waals surface area (Å²) in [6.45, 7) is 2.25. The van der Waals surface area contributed by atoms with Gasteiger partial charge >= 0.3 is 0 Å². The molecule has 27 heavy (non-hydrogen) atoms. The van der Waals surface area contributed by atoms with Crippen LogP contribution in [0.15, 0.2) is 78.9 Å². The highest BCUT2D eigenvalue weighted by Gasteiger charge is 2.31. The van der Waals surface area contributed by atoms with Gasteiger partial charge < -0.3 is 22.2 Å². The molecule has 0 bridgehead atoms. The highest BCUT2D eigenvalue weighted by Crippen LogP contribution is 2.46. The summed E-state index contributed by atoms with van der Waals surface area (Å²) in [5.74, 6) is 0. The number of quaternary nitrogens is 1. The molecule has 3 aromatic carbocycles. The summed E-state index contributed by atoms with van der Waals surface area (Å²) in [4.78, 5) is 4.11. The third-order valence-electron chi connectivity index (χ3n) is 5.26. The first-order chi connectivity index (χ1) is 12.8. The molecule has 0 amide bonds. The van der Waals surface area contributed by atoms with Gasteiger partial charge in [0.25, 0.3) is 0 Å². The minimum absolute atomic E-state index is 0. The Morgan fingerprint density at radius 2 is 1.41 bits per heavy atom. The Balaban J connectivity index is 0.00000210. The largest absolute Gasteiger partial charge is 1.00 e. The maximum atomic E-state index is 2.61. The molecule has 1 aliphatic rings. The van der Waals surface area contributed by atoms with Gasteiger partial charge in [0.1, 0.15) is 0 Å². The number of anilines is 1. The second-order valence-corrected chi connectivity index (χ2v) is 7.42. The van der Waals surface area contributed by atoms with E-state index in [1.54, 1.807) is 0 Å². The lowest BCUT2D eigenvalue weighted by molar-refractivity contribution is -0.858. The molecular weight excluding hydrogens is 352 g/mol. The maximum absolute atomic E-state index is 2.61. The van der Waals surface area contributed by atoms with E-state index in [0.29, 0.717) is 0 Å². The van der Waals surface area contributed by atoms with E-state index in [1.807, 2.05) is 0 Å². The SMILES string of the molecule is C[NH+](C)CCCN1c2ccccc2-c2ccccc2C1c1ccccc1.[Cl-]. The van der Waals surface area contributed by atoms with Gasteiger partial charge in [0.2, 0.25) is 0 Å². The van der Waals surface area contributed by atoms with E-state index in [9.17, 15) is 0 Å². The number of nitrogens with one attached hydrogen (secondary N) is 1. The molecule has 0 fully saturated rings. The fourth-order valence-electron chi connectivity index (χ4n) is 4.09. The number of hydrogen-bond acceptors (Lipinski definition) is 1. The fourth-order valence-corrected chi connectivity index (χ4v) is 4.09.